The predicted octanol–water partition coefficient (Wildman–Crippen LogP) is 2.68. The molecule has 16 heavy (non-hydrogen) atoms. The van der Waals surface area contributed by atoms with Gasteiger partial charge in [0, 0.05) is 20.3 Å². The van der Waals surface area contributed by atoms with E-state index in [9.17, 15) is 0 Å². The van der Waals surface area contributed by atoms with E-state index in [4.69, 9.17) is 4.74 Å². The zero-order chi connectivity index (χ0) is 11.6. The summed E-state index contributed by atoms with van der Waals surface area (Å²) >= 11 is 0. The number of rotatable bonds is 7. The molecule has 0 aromatic carbocycles. The molecule has 2 saturated carbocycles. The molecule has 0 spiro atoms. The fourth-order valence-electron chi connectivity index (χ4n) is 3.60. The molecule has 0 aliphatic heterocycles. The summed E-state index contributed by atoms with van der Waals surface area (Å²) in [5.74, 6) is 2.82. The van der Waals surface area contributed by atoms with E-state index in [-0.39, 0.29) is 0 Å². The Morgan fingerprint density at radius 1 is 1.38 bits per heavy atom. The van der Waals surface area contributed by atoms with E-state index in [1.54, 1.807) is 0 Å². The topological polar surface area (TPSA) is 21.3 Å². The van der Waals surface area contributed by atoms with Gasteiger partial charge in [0.2, 0.25) is 0 Å². The Bertz CT molecular complexity index is 219. The Balaban J connectivity index is 1.90. The molecule has 2 aliphatic carbocycles. The van der Waals surface area contributed by atoms with Crippen molar-refractivity contribution in [2.45, 2.75) is 39.5 Å². The second-order valence-corrected chi connectivity index (χ2v) is 6.06. The summed E-state index contributed by atoms with van der Waals surface area (Å²) in [6.45, 7) is 7.91. The molecule has 94 valence electrons. The van der Waals surface area contributed by atoms with Crippen molar-refractivity contribution in [1.82, 2.24) is 5.32 Å². The molecule has 0 aromatic rings. The van der Waals surface area contributed by atoms with Crippen LogP contribution in [-0.2, 0) is 4.74 Å². The van der Waals surface area contributed by atoms with Crippen LogP contribution in [0.5, 0.6) is 0 Å². The molecule has 0 heterocycles. The number of methoxy groups -OCH3 is 1. The van der Waals surface area contributed by atoms with Gasteiger partial charge < -0.3 is 10.1 Å². The summed E-state index contributed by atoms with van der Waals surface area (Å²) in [6.07, 6.45) is 5.63. The lowest BCUT2D eigenvalue weighted by Crippen LogP contribution is -2.40. The van der Waals surface area contributed by atoms with E-state index in [0.29, 0.717) is 11.3 Å². The molecular weight excluding hydrogens is 198 g/mol. The van der Waals surface area contributed by atoms with Crippen LogP contribution in [0.4, 0.5) is 0 Å². The highest BCUT2D eigenvalue weighted by Gasteiger charge is 2.55. The van der Waals surface area contributed by atoms with Crippen molar-refractivity contribution in [2.24, 2.45) is 23.2 Å². The molecule has 2 aliphatic rings. The first-order valence-corrected chi connectivity index (χ1v) is 6.91. The molecule has 1 N–H and O–H groups in total. The molecule has 2 nitrogen and oxygen atoms in total. The van der Waals surface area contributed by atoms with Crippen LogP contribution >= 0.6 is 0 Å². The van der Waals surface area contributed by atoms with Crippen molar-refractivity contribution in [3.8, 4) is 0 Å². The fraction of sp³-hybridized carbons (Fsp3) is 1.00. The third kappa shape index (κ3) is 2.43. The minimum Gasteiger partial charge on any atom is -0.384 e. The first kappa shape index (κ1) is 12.4. The van der Waals surface area contributed by atoms with Crippen LogP contribution in [0.2, 0.25) is 0 Å². The van der Waals surface area contributed by atoms with E-state index in [2.05, 4.69) is 19.2 Å². The third-order valence-electron chi connectivity index (χ3n) is 4.77. The smallest absolute Gasteiger partial charge is 0.0493 e. The number of hydrogen-bond donors (Lipinski definition) is 1. The molecule has 2 heteroatoms. The molecule has 0 radical (unpaired) electrons. The van der Waals surface area contributed by atoms with E-state index in [1.807, 2.05) is 7.11 Å². The second kappa shape index (κ2) is 5.05. The summed E-state index contributed by atoms with van der Waals surface area (Å²) in [7, 11) is 1.83. The Morgan fingerprint density at radius 3 is 2.62 bits per heavy atom. The highest BCUT2D eigenvalue weighted by Crippen LogP contribution is 2.62. The van der Waals surface area contributed by atoms with Gasteiger partial charge in [-0.3, -0.25) is 0 Å². The number of nitrogens with one attached hydrogen (secondary N) is 1. The summed E-state index contributed by atoms with van der Waals surface area (Å²) in [4.78, 5) is 0. The SMILES string of the molecule is CCCNCC1(C(C)COC)CC2CC2C1. The minimum absolute atomic E-state index is 0.540. The molecule has 0 saturated heterocycles. The van der Waals surface area contributed by atoms with Gasteiger partial charge in [0.05, 0.1) is 0 Å². The first-order chi connectivity index (χ1) is 7.72. The Kier molecular flexibility index (Phi) is 3.91. The van der Waals surface area contributed by atoms with Crippen molar-refractivity contribution in [1.29, 1.82) is 0 Å². The predicted molar refractivity (Wildman–Crippen MR) is 67.5 cm³/mol. The van der Waals surface area contributed by atoms with Gasteiger partial charge in [-0.25, -0.2) is 0 Å². The average molecular weight is 225 g/mol. The molecule has 2 fully saturated rings. The van der Waals surface area contributed by atoms with Gasteiger partial charge >= 0.3 is 0 Å². The maximum Gasteiger partial charge on any atom is 0.0493 e. The molecular formula is C14H27NO. The number of hydrogen-bond acceptors (Lipinski definition) is 2. The van der Waals surface area contributed by atoms with Gasteiger partial charge in [0.15, 0.2) is 0 Å². The molecule has 3 unspecified atom stereocenters. The molecule has 0 bridgehead atoms. The normalized spacial score (nSPS) is 38.4. The number of ether oxygens (including phenoxy) is 1. The minimum atomic E-state index is 0.540. The van der Waals surface area contributed by atoms with Crippen LogP contribution in [0.15, 0.2) is 0 Å². The van der Waals surface area contributed by atoms with E-state index in [1.165, 1.54) is 32.2 Å². The van der Waals surface area contributed by atoms with Crippen LogP contribution in [0.3, 0.4) is 0 Å². The van der Waals surface area contributed by atoms with Crippen LogP contribution in [0.25, 0.3) is 0 Å². The average Bonchev–Trinajstić information content (AvgIpc) is 2.88. The highest BCUT2D eigenvalue weighted by molar-refractivity contribution is 5.05. The first-order valence-electron chi connectivity index (χ1n) is 6.91. The third-order valence-corrected chi connectivity index (χ3v) is 4.77. The highest BCUT2D eigenvalue weighted by atomic mass is 16.5. The molecule has 2 rings (SSSR count). The van der Waals surface area contributed by atoms with Crippen LogP contribution in [0.1, 0.15) is 39.5 Å². The van der Waals surface area contributed by atoms with Crippen molar-refractivity contribution in [2.75, 3.05) is 26.8 Å². The Labute approximate surface area is 100 Å². The maximum absolute atomic E-state index is 5.37. The molecule has 3 atom stereocenters. The lowest BCUT2D eigenvalue weighted by molar-refractivity contribution is 0.0638. The summed E-state index contributed by atoms with van der Waals surface area (Å²) in [5, 5.41) is 3.64. The molecule has 0 aromatic heterocycles. The van der Waals surface area contributed by atoms with Crippen molar-refractivity contribution < 1.29 is 4.74 Å². The van der Waals surface area contributed by atoms with Crippen LogP contribution < -0.4 is 5.32 Å². The monoisotopic (exact) mass is 225 g/mol. The lowest BCUT2D eigenvalue weighted by atomic mass is 9.72. The van der Waals surface area contributed by atoms with Crippen molar-refractivity contribution in [3.05, 3.63) is 0 Å². The van der Waals surface area contributed by atoms with Gasteiger partial charge in [0.1, 0.15) is 0 Å². The van der Waals surface area contributed by atoms with Gasteiger partial charge in [-0.05, 0) is 55.4 Å². The maximum atomic E-state index is 5.37. The van der Waals surface area contributed by atoms with Crippen molar-refractivity contribution >= 4 is 0 Å². The standard InChI is InChI=1S/C14H27NO/c1-4-5-15-10-14(11(2)9-16-3)7-12-6-13(12)8-14/h11-13,15H,4-10H2,1-3H3. The summed E-state index contributed by atoms with van der Waals surface area (Å²) in [6, 6.07) is 0. The Morgan fingerprint density at radius 2 is 2.06 bits per heavy atom. The van der Waals surface area contributed by atoms with Crippen molar-refractivity contribution in [3.63, 3.8) is 0 Å². The van der Waals surface area contributed by atoms with Gasteiger partial charge in [-0.1, -0.05) is 13.8 Å². The summed E-state index contributed by atoms with van der Waals surface area (Å²) in [5.41, 5.74) is 0.540. The Hall–Kier alpha value is -0.0800. The zero-order valence-electron chi connectivity index (χ0n) is 11.1. The number of fused-ring (bicyclic) bond motifs is 1. The largest absolute Gasteiger partial charge is 0.384 e. The van der Waals surface area contributed by atoms with E-state index >= 15 is 0 Å². The van der Waals surface area contributed by atoms with Crippen LogP contribution in [0, 0.1) is 23.2 Å². The van der Waals surface area contributed by atoms with Crippen LogP contribution in [-0.4, -0.2) is 26.8 Å². The van der Waals surface area contributed by atoms with Gasteiger partial charge in [-0.15, -0.1) is 0 Å². The quantitative estimate of drug-likeness (QED) is 0.673. The molecule has 0 amide bonds. The second-order valence-electron chi connectivity index (χ2n) is 6.06. The lowest BCUT2D eigenvalue weighted by Gasteiger charge is -2.37. The fourth-order valence-corrected chi connectivity index (χ4v) is 3.60. The zero-order valence-corrected chi connectivity index (χ0v) is 11.1. The van der Waals surface area contributed by atoms with Gasteiger partial charge in [-0.2, -0.15) is 0 Å². The van der Waals surface area contributed by atoms with Gasteiger partial charge in [0.25, 0.3) is 0 Å². The van der Waals surface area contributed by atoms with E-state index in [0.717, 1.165) is 25.0 Å². The van der Waals surface area contributed by atoms with E-state index < -0.39 is 0 Å². The summed E-state index contributed by atoms with van der Waals surface area (Å²) < 4.78 is 5.37.